The molecule has 0 spiro atoms. The van der Waals surface area contributed by atoms with Crippen molar-refractivity contribution in [2.75, 3.05) is 0 Å². The monoisotopic (exact) mass is 932 g/mol. The van der Waals surface area contributed by atoms with Crippen LogP contribution in [0.1, 0.15) is 65.1 Å². The first-order valence-corrected chi connectivity index (χ1v) is 26.3. The van der Waals surface area contributed by atoms with Gasteiger partial charge in [0.15, 0.2) is 5.84 Å². The highest BCUT2D eigenvalue weighted by atomic mass is 32.1. The Hall–Kier alpha value is -7.70. The van der Waals surface area contributed by atoms with Gasteiger partial charge in [0.25, 0.3) is 0 Å². The number of hydrogen-bond donors (Lipinski definition) is 0. The number of aliphatic imine (C=N–C) groups is 2. The van der Waals surface area contributed by atoms with Gasteiger partial charge in [-0.1, -0.05) is 171 Å². The molecule has 0 radical (unpaired) electrons. The van der Waals surface area contributed by atoms with Crippen molar-refractivity contribution in [1.29, 1.82) is 0 Å². The molecule has 0 bridgehead atoms. The lowest BCUT2D eigenvalue weighted by atomic mass is 9.75. The van der Waals surface area contributed by atoms with E-state index in [1.165, 1.54) is 101 Å². The lowest BCUT2D eigenvalue weighted by molar-refractivity contribution is 0.524. The summed E-state index contributed by atoms with van der Waals surface area (Å²) in [4.78, 5) is 11.9. The van der Waals surface area contributed by atoms with E-state index in [2.05, 4.69) is 201 Å². The summed E-state index contributed by atoms with van der Waals surface area (Å²) in [6.07, 6.45) is 2.70. The lowest BCUT2D eigenvalue weighted by Crippen LogP contribution is -2.29. The number of nitrogens with zero attached hydrogens (tertiary/aromatic N) is 2. The zero-order chi connectivity index (χ0) is 46.0. The van der Waals surface area contributed by atoms with Gasteiger partial charge in [0, 0.05) is 79.6 Å². The minimum Gasteiger partial charge on any atom is -0.456 e. The van der Waals surface area contributed by atoms with Crippen molar-refractivity contribution in [1.82, 2.24) is 0 Å². The fourth-order valence-corrected chi connectivity index (χ4v) is 14.8. The molecule has 0 amide bonds. The summed E-state index contributed by atoms with van der Waals surface area (Å²) < 4.78 is 12.3. The second kappa shape index (κ2) is 15.7. The van der Waals surface area contributed by atoms with Gasteiger partial charge in [-0.2, -0.15) is 0 Å². The van der Waals surface area contributed by atoms with Crippen LogP contribution in [0.2, 0.25) is 0 Å². The predicted octanol–water partition coefficient (Wildman–Crippen LogP) is 18.4. The number of thiophene rings is 2. The van der Waals surface area contributed by atoms with Crippen molar-refractivity contribution >= 4 is 118 Å². The molecular weight excluding hydrogens is 889 g/mol. The topological polar surface area (TPSA) is 37.9 Å². The molecule has 10 aromatic carbocycles. The first-order chi connectivity index (χ1) is 34.7. The Morgan fingerprint density at radius 3 is 1.89 bits per heavy atom. The molecule has 3 atom stereocenters. The molecular formula is C65H44N2OS2. The average molecular weight is 933 g/mol. The zero-order valence-corrected chi connectivity index (χ0v) is 40.1. The minimum absolute atomic E-state index is 0.00796. The number of fused-ring (bicyclic) bond motifs is 15. The average Bonchev–Trinajstić information content (AvgIpc) is 4.09. The maximum Gasteiger partial charge on any atom is 0.156 e. The lowest BCUT2D eigenvalue weighted by Gasteiger charge is -2.33. The summed E-state index contributed by atoms with van der Waals surface area (Å²) in [5, 5.41) is 12.5. The van der Waals surface area contributed by atoms with Crippen LogP contribution in [0.4, 0.5) is 0 Å². The Balaban J connectivity index is 1.03. The van der Waals surface area contributed by atoms with E-state index in [1.54, 1.807) is 0 Å². The van der Waals surface area contributed by atoms with Crippen LogP contribution in [0.3, 0.4) is 0 Å². The van der Waals surface area contributed by atoms with Crippen LogP contribution >= 0.6 is 22.7 Å². The van der Waals surface area contributed by atoms with Crippen LogP contribution in [0, 0.1) is 5.92 Å². The number of benzene rings is 10. The van der Waals surface area contributed by atoms with E-state index in [1.807, 2.05) is 22.7 Å². The number of hydrogen-bond acceptors (Lipinski definition) is 5. The molecule has 0 fully saturated rings. The molecule has 1 aliphatic carbocycles. The zero-order valence-electron chi connectivity index (χ0n) is 38.4. The summed E-state index contributed by atoms with van der Waals surface area (Å²) in [7, 11) is 0. The number of amidine groups is 1. The van der Waals surface area contributed by atoms with E-state index >= 15 is 0 Å². The number of furan rings is 1. The van der Waals surface area contributed by atoms with Crippen LogP contribution in [0.5, 0.6) is 0 Å². The van der Waals surface area contributed by atoms with Crippen LogP contribution in [0.15, 0.2) is 209 Å². The predicted molar refractivity (Wildman–Crippen MR) is 299 cm³/mol. The molecule has 1 aliphatic heterocycles. The van der Waals surface area contributed by atoms with Gasteiger partial charge >= 0.3 is 0 Å². The maximum absolute atomic E-state index is 7.28. The first-order valence-electron chi connectivity index (χ1n) is 24.6. The van der Waals surface area contributed by atoms with Gasteiger partial charge in [0.05, 0.1) is 11.8 Å². The summed E-state index contributed by atoms with van der Waals surface area (Å²) >= 11 is 3.73. The van der Waals surface area contributed by atoms with Crippen molar-refractivity contribution < 1.29 is 4.42 Å². The van der Waals surface area contributed by atoms with E-state index in [4.69, 9.17) is 14.4 Å². The van der Waals surface area contributed by atoms with Crippen molar-refractivity contribution in [3.63, 3.8) is 0 Å². The molecule has 15 rings (SSSR count). The molecule has 3 aromatic heterocycles. The third-order valence-electron chi connectivity index (χ3n) is 15.6. The highest BCUT2D eigenvalue weighted by Crippen LogP contribution is 2.52. The third-order valence-corrected chi connectivity index (χ3v) is 18.0. The summed E-state index contributed by atoms with van der Waals surface area (Å²) in [6, 6.07) is 71.7. The van der Waals surface area contributed by atoms with E-state index in [0.29, 0.717) is 0 Å². The summed E-state index contributed by atoms with van der Waals surface area (Å²) in [5.41, 5.74) is 13.1. The Morgan fingerprint density at radius 1 is 0.500 bits per heavy atom. The summed E-state index contributed by atoms with van der Waals surface area (Å²) in [5.74, 6) is 0.759. The van der Waals surface area contributed by atoms with Gasteiger partial charge in [-0.3, -0.25) is 4.99 Å². The Morgan fingerprint density at radius 2 is 1.13 bits per heavy atom. The molecule has 5 heteroatoms. The third kappa shape index (κ3) is 5.98. The number of rotatable bonds is 5. The maximum atomic E-state index is 7.28. The highest BCUT2D eigenvalue weighted by Gasteiger charge is 2.38. The smallest absolute Gasteiger partial charge is 0.156 e. The highest BCUT2D eigenvalue weighted by molar-refractivity contribution is 7.26. The first kappa shape index (κ1) is 40.2. The van der Waals surface area contributed by atoms with E-state index < -0.39 is 0 Å². The molecule has 3 nitrogen and oxygen atoms in total. The molecule has 3 unspecified atom stereocenters. The minimum atomic E-state index is -0.263. The Labute approximate surface area is 412 Å². The second-order valence-electron chi connectivity index (χ2n) is 19.2. The van der Waals surface area contributed by atoms with Gasteiger partial charge in [0.2, 0.25) is 0 Å². The molecule has 0 saturated carbocycles. The largest absolute Gasteiger partial charge is 0.456 e. The van der Waals surface area contributed by atoms with Gasteiger partial charge in [-0.25, -0.2) is 4.99 Å². The van der Waals surface area contributed by atoms with Crippen LogP contribution < -0.4 is 0 Å². The quantitative estimate of drug-likeness (QED) is 0.169. The van der Waals surface area contributed by atoms with E-state index in [0.717, 1.165) is 58.3 Å². The van der Waals surface area contributed by atoms with Gasteiger partial charge in [0.1, 0.15) is 11.2 Å². The number of para-hydroxylation sites is 1. The van der Waals surface area contributed by atoms with Gasteiger partial charge < -0.3 is 4.42 Å². The van der Waals surface area contributed by atoms with Gasteiger partial charge in [-0.05, 0) is 99.0 Å². The Bertz CT molecular complexity index is 4390. The SMILES string of the molecule is CCC1C(c2cccc3c2sc2ccccc23)=NC(c2cccc3c2sc2ccccc23)=NC1c1ccc2c(oc3ccccc32)c1C1CCc2cc3ccccc3cc2-c2ccc3ccccc3c21. The van der Waals surface area contributed by atoms with Crippen LogP contribution in [0.25, 0.3) is 95.0 Å². The van der Waals surface area contributed by atoms with E-state index in [-0.39, 0.29) is 17.9 Å². The molecule has 4 heterocycles. The number of aryl methyl sites for hydroxylation is 1. The second-order valence-corrected chi connectivity index (χ2v) is 21.3. The van der Waals surface area contributed by atoms with Crippen molar-refractivity contribution in [3.05, 3.63) is 228 Å². The van der Waals surface area contributed by atoms with Crippen LogP contribution in [-0.4, -0.2) is 11.5 Å². The Kier molecular flexibility index (Phi) is 9.00. The fraction of sp³-hybridized carbons (Fsp3) is 0.108. The molecule has 0 N–H and O–H groups in total. The normalized spacial score (nSPS) is 17.2. The molecule has 70 heavy (non-hydrogen) atoms. The standard InChI is InChI=1S/C65H44N2OS2/c1-2-41-60(66-65(53-25-14-23-49-45-21-9-12-28-57(45)70-64(49)53)67-61(41)52-24-13-22-48-44-20-8-11-27-56(44)69-63(48)52)51-34-33-47-43-19-7-10-26-55(43)68-62(47)59(51)50-32-30-40-35-38-16-3-4-17-39(38)36-54(40)46-31-29-37-15-5-6-18-42(37)58(46)50/h3-29,31,33-36,41,50,60H,2,30,32H2,1H3. The fourth-order valence-electron chi connectivity index (χ4n) is 12.4. The molecule has 332 valence electrons. The van der Waals surface area contributed by atoms with Crippen LogP contribution in [-0.2, 0) is 6.42 Å². The van der Waals surface area contributed by atoms with Crippen molar-refractivity contribution in [2.45, 2.75) is 38.1 Å². The van der Waals surface area contributed by atoms with E-state index in [9.17, 15) is 0 Å². The van der Waals surface area contributed by atoms with Crippen molar-refractivity contribution in [2.24, 2.45) is 15.9 Å². The molecule has 2 aliphatic rings. The van der Waals surface area contributed by atoms with Gasteiger partial charge in [-0.15, -0.1) is 22.7 Å². The van der Waals surface area contributed by atoms with Crippen molar-refractivity contribution in [3.8, 4) is 11.1 Å². The summed E-state index contributed by atoms with van der Waals surface area (Å²) in [6.45, 7) is 2.33. The molecule has 13 aromatic rings. The molecule has 0 saturated heterocycles.